The molecule has 2 N–H and O–H groups in total. The Balaban J connectivity index is 2.12. The Labute approximate surface area is 118 Å². The molecular weight excluding hydrogens is 258 g/mol. The number of aliphatic carboxylic acids is 1. The fourth-order valence-electron chi connectivity index (χ4n) is 1.78. The van der Waals surface area contributed by atoms with E-state index in [9.17, 15) is 9.59 Å². The minimum atomic E-state index is -0.810. The largest absolute Gasteiger partial charge is 0.481 e. The van der Waals surface area contributed by atoms with Crippen molar-refractivity contribution in [1.29, 1.82) is 0 Å². The molecule has 1 aromatic rings. The minimum Gasteiger partial charge on any atom is -0.481 e. The number of benzene rings is 1. The van der Waals surface area contributed by atoms with Crippen LogP contribution < -0.4 is 5.32 Å². The summed E-state index contributed by atoms with van der Waals surface area (Å²) in [6.45, 7) is 2.27. The van der Waals surface area contributed by atoms with Gasteiger partial charge in [-0.25, -0.2) is 0 Å². The molecule has 1 atom stereocenters. The van der Waals surface area contributed by atoms with Crippen molar-refractivity contribution in [1.82, 2.24) is 5.32 Å². The molecule has 0 fully saturated rings. The molecule has 0 aromatic heterocycles. The number of carbonyl (C=O) groups is 2. The van der Waals surface area contributed by atoms with E-state index in [-0.39, 0.29) is 25.0 Å². The quantitative estimate of drug-likeness (QED) is 0.724. The molecule has 0 radical (unpaired) electrons. The van der Waals surface area contributed by atoms with Crippen LogP contribution in [0.3, 0.4) is 0 Å². The van der Waals surface area contributed by atoms with E-state index in [1.807, 2.05) is 37.3 Å². The van der Waals surface area contributed by atoms with Gasteiger partial charge >= 0.3 is 5.97 Å². The molecule has 1 amide bonds. The first-order valence-electron chi connectivity index (χ1n) is 6.70. The van der Waals surface area contributed by atoms with E-state index in [1.54, 1.807) is 0 Å². The van der Waals surface area contributed by atoms with E-state index in [2.05, 4.69) is 5.32 Å². The second-order valence-electron chi connectivity index (χ2n) is 4.73. The third-order valence-corrected chi connectivity index (χ3v) is 2.78. The van der Waals surface area contributed by atoms with Crippen molar-refractivity contribution in [2.75, 3.05) is 6.61 Å². The standard InChI is InChI=1S/C15H21NO4/c1-12(6-5-9-15(18)19)16-14(17)11-20-10-13-7-3-2-4-8-13/h2-4,7-8,12H,5-6,9-11H2,1H3,(H,16,17)(H,18,19). The van der Waals surface area contributed by atoms with Crippen LogP contribution in [0, 0.1) is 0 Å². The van der Waals surface area contributed by atoms with Crippen LogP contribution >= 0.6 is 0 Å². The van der Waals surface area contributed by atoms with Crippen molar-refractivity contribution in [2.45, 2.75) is 38.8 Å². The maximum Gasteiger partial charge on any atom is 0.303 e. The van der Waals surface area contributed by atoms with Crippen molar-refractivity contribution in [3.05, 3.63) is 35.9 Å². The molecule has 5 nitrogen and oxygen atoms in total. The smallest absolute Gasteiger partial charge is 0.303 e. The number of carboxylic acid groups (broad SMARTS) is 1. The van der Waals surface area contributed by atoms with Gasteiger partial charge in [-0.1, -0.05) is 30.3 Å². The molecule has 110 valence electrons. The van der Waals surface area contributed by atoms with Crippen molar-refractivity contribution in [3.63, 3.8) is 0 Å². The lowest BCUT2D eigenvalue weighted by molar-refractivity contribution is -0.137. The van der Waals surface area contributed by atoms with Crippen LogP contribution in [-0.2, 0) is 20.9 Å². The maximum absolute atomic E-state index is 11.6. The molecule has 0 saturated heterocycles. The van der Waals surface area contributed by atoms with E-state index in [0.717, 1.165) is 5.56 Å². The van der Waals surface area contributed by atoms with Gasteiger partial charge in [0.1, 0.15) is 6.61 Å². The predicted octanol–water partition coefficient (Wildman–Crippen LogP) is 1.96. The number of carbonyl (C=O) groups excluding carboxylic acids is 1. The molecule has 1 aromatic carbocycles. The van der Waals surface area contributed by atoms with E-state index in [1.165, 1.54) is 0 Å². The summed E-state index contributed by atoms with van der Waals surface area (Å²) in [5.74, 6) is -0.988. The summed E-state index contributed by atoms with van der Waals surface area (Å²) < 4.78 is 5.32. The highest BCUT2D eigenvalue weighted by atomic mass is 16.5. The maximum atomic E-state index is 11.6. The SMILES string of the molecule is CC(CCCC(=O)O)NC(=O)COCc1ccccc1. The molecule has 0 aliphatic rings. The average molecular weight is 279 g/mol. The van der Waals surface area contributed by atoms with Gasteiger partial charge < -0.3 is 15.2 Å². The fraction of sp³-hybridized carbons (Fsp3) is 0.467. The zero-order chi connectivity index (χ0) is 14.8. The van der Waals surface area contributed by atoms with Gasteiger partial charge in [0.05, 0.1) is 6.61 Å². The predicted molar refractivity (Wildman–Crippen MR) is 75.2 cm³/mol. The summed E-state index contributed by atoms with van der Waals surface area (Å²) in [5, 5.41) is 11.3. The Morgan fingerprint density at radius 1 is 1.30 bits per heavy atom. The molecule has 0 aliphatic carbocycles. The van der Waals surface area contributed by atoms with Gasteiger partial charge in [-0.05, 0) is 25.3 Å². The summed E-state index contributed by atoms with van der Waals surface area (Å²) in [7, 11) is 0. The van der Waals surface area contributed by atoms with Crippen LogP contribution in [0.4, 0.5) is 0 Å². The van der Waals surface area contributed by atoms with Crippen molar-refractivity contribution in [2.24, 2.45) is 0 Å². The third kappa shape index (κ3) is 7.53. The van der Waals surface area contributed by atoms with Gasteiger partial charge in [-0.2, -0.15) is 0 Å². The van der Waals surface area contributed by atoms with Crippen LogP contribution in [-0.4, -0.2) is 29.6 Å². The summed E-state index contributed by atoms with van der Waals surface area (Å²) in [6.07, 6.45) is 1.34. The van der Waals surface area contributed by atoms with Gasteiger partial charge in [0.25, 0.3) is 0 Å². The first-order chi connectivity index (χ1) is 9.58. The van der Waals surface area contributed by atoms with Crippen LogP contribution in [0.1, 0.15) is 31.7 Å². The Kier molecular flexibility index (Phi) is 7.35. The number of hydrogen-bond acceptors (Lipinski definition) is 3. The van der Waals surface area contributed by atoms with Gasteiger partial charge in [-0.3, -0.25) is 9.59 Å². The highest BCUT2D eigenvalue weighted by molar-refractivity contribution is 5.77. The minimum absolute atomic E-state index is 0.0121. The Hall–Kier alpha value is -1.88. The highest BCUT2D eigenvalue weighted by Gasteiger charge is 2.08. The van der Waals surface area contributed by atoms with E-state index >= 15 is 0 Å². The number of rotatable bonds is 9. The van der Waals surface area contributed by atoms with Crippen LogP contribution in [0.5, 0.6) is 0 Å². The molecule has 0 heterocycles. The Morgan fingerprint density at radius 3 is 2.65 bits per heavy atom. The molecule has 0 spiro atoms. The molecular formula is C15H21NO4. The van der Waals surface area contributed by atoms with Gasteiger partial charge in [0.2, 0.25) is 5.91 Å². The third-order valence-electron chi connectivity index (χ3n) is 2.78. The first kappa shape index (κ1) is 16.2. The van der Waals surface area contributed by atoms with Crippen molar-refractivity contribution < 1.29 is 19.4 Å². The van der Waals surface area contributed by atoms with Gasteiger partial charge in [0.15, 0.2) is 0 Å². The molecule has 1 unspecified atom stereocenters. The zero-order valence-corrected chi connectivity index (χ0v) is 11.7. The summed E-state index contributed by atoms with van der Waals surface area (Å²) in [6, 6.07) is 9.60. The summed E-state index contributed by atoms with van der Waals surface area (Å²) >= 11 is 0. The second kappa shape index (κ2) is 9.09. The first-order valence-corrected chi connectivity index (χ1v) is 6.70. The number of hydrogen-bond donors (Lipinski definition) is 2. The van der Waals surface area contributed by atoms with Crippen molar-refractivity contribution >= 4 is 11.9 Å². The molecule has 1 rings (SSSR count). The van der Waals surface area contributed by atoms with Crippen LogP contribution in [0.15, 0.2) is 30.3 Å². The topological polar surface area (TPSA) is 75.6 Å². The molecule has 20 heavy (non-hydrogen) atoms. The molecule has 0 bridgehead atoms. The van der Waals surface area contributed by atoms with E-state index < -0.39 is 5.97 Å². The fourth-order valence-corrected chi connectivity index (χ4v) is 1.78. The number of nitrogens with one attached hydrogen (secondary N) is 1. The number of amides is 1. The summed E-state index contributed by atoms with van der Waals surface area (Å²) in [5.41, 5.74) is 1.02. The van der Waals surface area contributed by atoms with Gasteiger partial charge in [0, 0.05) is 12.5 Å². The average Bonchev–Trinajstić information content (AvgIpc) is 2.39. The number of carboxylic acids is 1. The van der Waals surface area contributed by atoms with Crippen LogP contribution in [0.25, 0.3) is 0 Å². The van der Waals surface area contributed by atoms with Gasteiger partial charge in [-0.15, -0.1) is 0 Å². The lowest BCUT2D eigenvalue weighted by Crippen LogP contribution is -2.35. The van der Waals surface area contributed by atoms with Crippen molar-refractivity contribution in [3.8, 4) is 0 Å². The molecule has 0 saturated carbocycles. The molecule has 0 aliphatic heterocycles. The lowest BCUT2D eigenvalue weighted by Gasteiger charge is -2.13. The Morgan fingerprint density at radius 2 is 2.00 bits per heavy atom. The summed E-state index contributed by atoms with van der Waals surface area (Å²) in [4.78, 5) is 22.0. The normalized spacial score (nSPS) is 11.8. The highest BCUT2D eigenvalue weighted by Crippen LogP contribution is 2.02. The van der Waals surface area contributed by atoms with Crippen LogP contribution in [0.2, 0.25) is 0 Å². The Bertz CT molecular complexity index is 419. The monoisotopic (exact) mass is 279 g/mol. The molecule has 5 heteroatoms. The zero-order valence-electron chi connectivity index (χ0n) is 11.7. The number of ether oxygens (including phenoxy) is 1. The second-order valence-corrected chi connectivity index (χ2v) is 4.73. The lowest BCUT2D eigenvalue weighted by atomic mass is 10.1. The van der Waals surface area contributed by atoms with E-state index in [0.29, 0.717) is 19.4 Å². The van der Waals surface area contributed by atoms with E-state index in [4.69, 9.17) is 9.84 Å².